The second-order valence-corrected chi connectivity index (χ2v) is 6.05. The lowest BCUT2D eigenvalue weighted by molar-refractivity contribution is -0.133. The lowest BCUT2D eigenvalue weighted by Gasteiger charge is -2.36. The Balaban J connectivity index is 2.32. The van der Waals surface area contributed by atoms with Crippen LogP contribution in [0.3, 0.4) is 0 Å². The van der Waals surface area contributed by atoms with E-state index in [1.54, 1.807) is 0 Å². The molecule has 0 atom stereocenters. The van der Waals surface area contributed by atoms with Crippen LogP contribution in [-0.2, 0) is 4.79 Å². The first kappa shape index (κ1) is 16.4. The molecule has 0 aromatic carbocycles. The van der Waals surface area contributed by atoms with E-state index in [2.05, 4.69) is 36.6 Å². The van der Waals surface area contributed by atoms with Crippen LogP contribution in [0.15, 0.2) is 0 Å². The molecule has 0 spiro atoms. The fourth-order valence-electron chi connectivity index (χ4n) is 2.92. The van der Waals surface area contributed by atoms with E-state index in [0.717, 1.165) is 64.7 Å². The maximum atomic E-state index is 12.5. The minimum absolute atomic E-state index is 0.0957. The second kappa shape index (κ2) is 8.54. The molecule has 1 aliphatic heterocycles. The predicted octanol–water partition coefficient (Wildman–Crippen LogP) is 1.61. The van der Waals surface area contributed by atoms with E-state index in [-0.39, 0.29) is 5.41 Å². The van der Waals surface area contributed by atoms with Crippen molar-refractivity contribution in [3.05, 3.63) is 0 Å². The third-order valence-corrected chi connectivity index (χ3v) is 4.09. The minimum atomic E-state index is -0.0957. The molecule has 0 radical (unpaired) electrons. The minimum Gasteiger partial charge on any atom is -0.356 e. The van der Waals surface area contributed by atoms with Gasteiger partial charge in [0.1, 0.15) is 0 Å². The number of hydrogen-bond donors (Lipinski definition) is 2. The molecule has 0 saturated carbocycles. The maximum absolute atomic E-state index is 12.5. The third-order valence-electron chi connectivity index (χ3n) is 4.09. The summed E-state index contributed by atoms with van der Waals surface area (Å²) in [5, 5.41) is 6.52. The average Bonchev–Trinajstić information content (AvgIpc) is 2.39. The molecule has 0 unspecified atom stereocenters. The van der Waals surface area contributed by atoms with Gasteiger partial charge >= 0.3 is 0 Å². The van der Waals surface area contributed by atoms with Gasteiger partial charge in [-0.3, -0.25) is 4.79 Å². The number of amides is 1. The molecule has 1 fully saturated rings. The Bertz CT molecular complexity index is 255. The first-order valence-corrected chi connectivity index (χ1v) is 7.74. The Morgan fingerprint density at radius 3 is 2.53 bits per heavy atom. The van der Waals surface area contributed by atoms with Crippen LogP contribution in [0, 0.1) is 5.41 Å². The summed E-state index contributed by atoms with van der Waals surface area (Å²) in [6, 6.07) is 0. The summed E-state index contributed by atoms with van der Waals surface area (Å²) in [4.78, 5) is 14.6. The first-order valence-electron chi connectivity index (χ1n) is 7.74. The maximum Gasteiger partial charge on any atom is 0.226 e. The van der Waals surface area contributed by atoms with E-state index in [4.69, 9.17) is 0 Å². The fraction of sp³-hybridized carbons (Fsp3) is 0.933. The molecule has 2 N–H and O–H groups in total. The molecule has 0 aromatic rings. The van der Waals surface area contributed by atoms with Crippen molar-refractivity contribution in [1.82, 2.24) is 15.5 Å². The van der Waals surface area contributed by atoms with Crippen molar-refractivity contribution in [2.24, 2.45) is 5.41 Å². The number of unbranched alkanes of at least 4 members (excludes halogenated alkanes) is 1. The highest BCUT2D eigenvalue weighted by Gasteiger charge is 2.38. The van der Waals surface area contributed by atoms with Gasteiger partial charge < -0.3 is 15.5 Å². The molecule has 1 aliphatic rings. The first-order chi connectivity index (χ1) is 9.10. The summed E-state index contributed by atoms with van der Waals surface area (Å²) in [5.74, 6) is 0.292. The van der Waals surface area contributed by atoms with E-state index in [0.29, 0.717) is 5.91 Å². The third kappa shape index (κ3) is 5.49. The van der Waals surface area contributed by atoms with Gasteiger partial charge in [-0.2, -0.15) is 0 Å². The number of carbonyl (C=O) groups excluding carboxylic acids is 1. The van der Waals surface area contributed by atoms with Crippen LogP contribution in [0.5, 0.6) is 0 Å². The van der Waals surface area contributed by atoms with Crippen molar-refractivity contribution < 1.29 is 4.79 Å². The van der Waals surface area contributed by atoms with Crippen molar-refractivity contribution in [1.29, 1.82) is 0 Å². The number of carbonyl (C=O) groups is 1. The van der Waals surface area contributed by atoms with Gasteiger partial charge in [-0.05, 0) is 65.8 Å². The molecular formula is C15H31N3O. The Morgan fingerprint density at radius 2 is 1.95 bits per heavy atom. The highest BCUT2D eigenvalue weighted by molar-refractivity contribution is 5.82. The van der Waals surface area contributed by atoms with E-state index >= 15 is 0 Å². The van der Waals surface area contributed by atoms with Gasteiger partial charge in [-0.1, -0.05) is 13.3 Å². The Morgan fingerprint density at radius 1 is 1.26 bits per heavy atom. The molecule has 1 rings (SSSR count). The molecule has 4 nitrogen and oxygen atoms in total. The molecule has 112 valence electrons. The lowest BCUT2D eigenvalue weighted by Crippen LogP contribution is -2.47. The second-order valence-electron chi connectivity index (χ2n) is 6.05. The predicted molar refractivity (Wildman–Crippen MR) is 80.2 cm³/mol. The van der Waals surface area contributed by atoms with E-state index in [9.17, 15) is 4.79 Å². The molecule has 0 bridgehead atoms. The van der Waals surface area contributed by atoms with Gasteiger partial charge in [0, 0.05) is 6.54 Å². The number of rotatable bonds is 8. The Labute approximate surface area is 118 Å². The summed E-state index contributed by atoms with van der Waals surface area (Å²) in [5.41, 5.74) is -0.0957. The van der Waals surface area contributed by atoms with Crippen LogP contribution in [0.1, 0.15) is 45.4 Å². The standard InChI is InChI=1S/C15H31N3O/c1-4-7-15(8-11-16-12-9-15)14(19)17-10-5-6-13-18(2)3/h16H,4-13H2,1-3H3,(H,17,19). The van der Waals surface area contributed by atoms with Crippen LogP contribution < -0.4 is 10.6 Å². The van der Waals surface area contributed by atoms with Gasteiger partial charge in [-0.15, -0.1) is 0 Å². The highest BCUT2D eigenvalue weighted by Crippen LogP contribution is 2.34. The lowest BCUT2D eigenvalue weighted by atomic mass is 9.74. The van der Waals surface area contributed by atoms with Gasteiger partial charge in [0.2, 0.25) is 5.91 Å². The molecule has 4 heteroatoms. The molecule has 19 heavy (non-hydrogen) atoms. The van der Waals surface area contributed by atoms with Crippen molar-refractivity contribution in [2.75, 3.05) is 40.3 Å². The Hall–Kier alpha value is -0.610. The summed E-state index contributed by atoms with van der Waals surface area (Å²) < 4.78 is 0. The number of nitrogens with one attached hydrogen (secondary N) is 2. The van der Waals surface area contributed by atoms with Crippen LogP contribution in [0.25, 0.3) is 0 Å². The number of hydrogen-bond acceptors (Lipinski definition) is 3. The summed E-state index contributed by atoms with van der Waals surface area (Å²) >= 11 is 0. The number of nitrogens with zero attached hydrogens (tertiary/aromatic N) is 1. The SMILES string of the molecule is CCCC1(C(=O)NCCCCN(C)C)CCNCC1. The van der Waals surface area contributed by atoms with Gasteiger partial charge in [-0.25, -0.2) is 0 Å². The van der Waals surface area contributed by atoms with E-state index in [1.807, 2.05) is 0 Å². The summed E-state index contributed by atoms with van der Waals surface area (Å²) in [7, 11) is 4.17. The van der Waals surface area contributed by atoms with Gasteiger partial charge in [0.05, 0.1) is 5.41 Å². The molecule has 1 saturated heterocycles. The van der Waals surface area contributed by atoms with Gasteiger partial charge in [0.25, 0.3) is 0 Å². The monoisotopic (exact) mass is 269 g/mol. The molecule has 1 amide bonds. The largest absolute Gasteiger partial charge is 0.356 e. The van der Waals surface area contributed by atoms with E-state index < -0.39 is 0 Å². The van der Waals surface area contributed by atoms with Gasteiger partial charge in [0.15, 0.2) is 0 Å². The van der Waals surface area contributed by atoms with Crippen LogP contribution in [-0.4, -0.2) is 51.1 Å². The van der Waals surface area contributed by atoms with Crippen LogP contribution in [0.4, 0.5) is 0 Å². The zero-order valence-corrected chi connectivity index (χ0v) is 12.9. The quantitative estimate of drug-likeness (QED) is 0.658. The molecule has 0 aromatic heterocycles. The highest BCUT2D eigenvalue weighted by atomic mass is 16.2. The zero-order valence-electron chi connectivity index (χ0n) is 12.9. The zero-order chi connectivity index (χ0) is 14.1. The molecule has 0 aliphatic carbocycles. The fourth-order valence-corrected chi connectivity index (χ4v) is 2.92. The number of piperidine rings is 1. The van der Waals surface area contributed by atoms with Crippen LogP contribution >= 0.6 is 0 Å². The molecule has 1 heterocycles. The van der Waals surface area contributed by atoms with Crippen molar-refractivity contribution in [3.63, 3.8) is 0 Å². The topological polar surface area (TPSA) is 44.4 Å². The van der Waals surface area contributed by atoms with E-state index in [1.165, 1.54) is 0 Å². The smallest absolute Gasteiger partial charge is 0.226 e. The summed E-state index contributed by atoms with van der Waals surface area (Å²) in [6.45, 7) is 6.06. The average molecular weight is 269 g/mol. The molecular weight excluding hydrogens is 238 g/mol. The van der Waals surface area contributed by atoms with Crippen molar-refractivity contribution >= 4 is 5.91 Å². The summed E-state index contributed by atoms with van der Waals surface area (Å²) in [6.07, 6.45) is 6.32. The Kier molecular flexibility index (Phi) is 7.39. The normalized spacial score (nSPS) is 18.5. The van der Waals surface area contributed by atoms with Crippen molar-refractivity contribution in [3.8, 4) is 0 Å². The van der Waals surface area contributed by atoms with Crippen molar-refractivity contribution in [2.45, 2.75) is 45.4 Å². The van der Waals surface area contributed by atoms with Crippen LogP contribution in [0.2, 0.25) is 0 Å².